The molecule has 174 valence electrons. The van der Waals surface area contributed by atoms with Crippen molar-refractivity contribution in [3.8, 4) is 0 Å². The quantitative estimate of drug-likeness (QED) is 0.713. The molecule has 1 saturated carbocycles. The van der Waals surface area contributed by atoms with Crippen LogP contribution in [0.4, 0.5) is 0 Å². The second-order valence-corrected chi connectivity index (χ2v) is 9.76. The Morgan fingerprint density at radius 1 is 1.21 bits per heavy atom. The van der Waals surface area contributed by atoms with E-state index in [2.05, 4.69) is 38.9 Å². The summed E-state index contributed by atoms with van der Waals surface area (Å²) in [4.78, 5) is 31.6. The zero-order valence-corrected chi connectivity index (χ0v) is 19.3. The monoisotopic (exact) mass is 447 g/mol. The van der Waals surface area contributed by atoms with Gasteiger partial charge in [-0.3, -0.25) is 9.59 Å². The van der Waals surface area contributed by atoms with Crippen LogP contribution < -0.4 is 10.6 Å². The lowest BCUT2D eigenvalue weighted by molar-refractivity contribution is -0.126. The number of piperidine rings is 1. The molecule has 33 heavy (non-hydrogen) atoms. The molecule has 3 aliphatic rings. The van der Waals surface area contributed by atoms with Crippen molar-refractivity contribution in [2.45, 2.75) is 70.1 Å². The molecule has 2 aromatic rings. The number of rotatable bonds is 6. The van der Waals surface area contributed by atoms with Crippen LogP contribution in [0.2, 0.25) is 0 Å². The van der Waals surface area contributed by atoms with Crippen LogP contribution >= 0.6 is 0 Å². The van der Waals surface area contributed by atoms with Gasteiger partial charge >= 0.3 is 0 Å². The number of aryl methyl sites for hydroxylation is 1. The fourth-order valence-electron chi connectivity index (χ4n) is 5.65. The van der Waals surface area contributed by atoms with E-state index in [1.165, 1.54) is 31.2 Å². The molecule has 2 amide bonds. The van der Waals surface area contributed by atoms with E-state index >= 15 is 0 Å². The smallest absolute Gasteiger partial charge is 0.255 e. The fraction of sp³-hybridized carbons (Fsp3) is 0.500. The summed E-state index contributed by atoms with van der Waals surface area (Å²) in [5.74, 6) is 1.49. The Hall–Kier alpha value is -2.93. The highest BCUT2D eigenvalue weighted by atomic mass is 16.2. The summed E-state index contributed by atoms with van der Waals surface area (Å²) in [6.45, 7) is 5.14. The molecule has 2 aliphatic heterocycles. The summed E-state index contributed by atoms with van der Waals surface area (Å²) in [5.41, 5.74) is 3.80. The summed E-state index contributed by atoms with van der Waals surface area (Å²) in [6, 6.07) is 6.33. The number of fused-ring (bicyclic) bond motifs is 1. The van der Waals surface area contributed by atoms with E-state index < -0.39 is 6.04 Å². The van der Waals surface area contributed by atoms with Crippen LogP contribution in [0.15, 0.2) is 42.9 Å². The Labute approximate surface area is 195 Å². The van der Waals surface area contributed by atoms with E-state index in [4.69, 9.17) is 0 Å². The Morgan fingerprint density at radius 2 is 2.06 bits per heavy atom. The molecule has 7 nitrogen and oxygen atoms in total. The largest absolute Gasteiger partial charge is 0.337 e. The van der Waals surface area contributed by atoms with Crippen LogP contribution in [0.1, 0.15) is 65.8 Å². The molecule has 7 heteroatoms. The number of carbonyl (C=O) groups excluding carboxylic acids is 2. The van der Waals surface area contributed by atoms with Crippen LogP contribution in [0.5, 0.6) is 0 Å². The number of benzene rings is 1. The summed E-state index contributed by atoms with van der Waals surface area (Å²) in [7, 11) is 2.03. The average Bonchev–Trinajstić information content (AvgIpc) is 3.35. The van der Waals surface area contributed by atoms with Crippen molar-refractivity contribution in [3.63, 3.8) is 0 Å². The number of nitrogens with one attached hydrogen (secondary N) is 2. The molecule has 3 atom stereocenters. The molecule has 0 bridgehead atoms. The van der Waals surface area contributed by atoms with Gasteiger partial charge in [0.15, 0.2) is 0 Å². The number of hydrogen-bond acceptors (Lipinski definition) is 4. The van der Waals surface area contributed by atoms with E-state index in [0.717, 1.165) is 42.0 Å². The van der Waals surface area contributed by atoms with Crippen molar-refractivity contribution in [2.75, 3.05) is 0 Å². The number of allylic oxidation sites excluding steroid dienone is 1. The van der Waals surface area contributed by atoms with Crippen LogP contribution in [0.25, 0.3) is 0 Å². The molecule has 2 fully saturated rings. The first-order valence-electron chi connectivity index (χ1n) is 12.1. The zero-order chi connectivity index (χ0) is 22.9. The molecule has 0 spiro atoms. The number of imidazole rings is 1. The third-order valence-electron chi connectivity index (χ3n) is 7.55. The first-order chi connectivity index (χ1) is 16.0. The standard InChI is InChI=1S/C26H33N5O2/c1-17-7-10-23(25(32)29-17)31-16-20-14-18(8-9-21(20)26(31)33)13-19-5-3-4-6-22(19)28-15-24-27-11-12-30(24)2/h8-9,11-12,14,19,22-23,28H,1,3-7,10,13,15-16H2,2H3,(H,29,32)/t19-,22+,23?/m1/s1. The number of amides is 2. The Morgan fingerprint density at radius 3 is 2.85 bits per heavy atom. The van der Waals surface area contributed by atoms with Crippen molar-refractivity contribution < 1.29 is 9.59 Å². The maximum absolute atomic E-state index is 13.0. The van der Waals surface area contributed by atoms with Crippen molar-refractivity contribution in [1.82, 2.24) is 25.1 Å². The van der Waals surface area contributed by atoms with E-state index in [-0.39, 0.29) is 11.8 Å². The maximum atomic E-state index is 13.0. The van der Waals surface area contributed by atoms with Gasteiger partial charge in [0.1, 0.15) is 11.9 Å². The molecule has 2 N–H and O–H groups in total. The second-order valence-electron chi connectivity index (χ2n) is 9.76. The Kier molecular flexibility index (Phi) is 6.06. The van der Waals surface area contributed by atoms with Crippen LogP contribution in [-0.2, 0) is 31.4 Å². The van der Waals surface area contributed by atoms with Crippen molar-refractivity contribution in [2.24, 2.45) is 13.0 Å². The van der Waals surface area contributed by atoms with E-state index in [1.807, 2.05) is 25.5 Å². The topological polar surface area (TPSA) is 79.3 Å². The number of hydrogen-bond donors (Lipinski definition) is 2. The lowest BCUT2D eigenvalue weighted by Gasteiger charge is -2.32. The van der Waals surface area contributed by atoms with Crippen LogP contribution in [0, 0.1) is 5.92 Å². The van der Waals surface area contributed by atoms with E-state index in [1.54, 1.807) is 4.90 Å². The SMILES string of the molecule is C=C1CCC(N2Cc3cc(C[C@H]4CCCC[C@@H]4NCc4nccn4C)ccc3C2=O)C(=O)N1. The molecule has 5 rings (SSSR count). The predicted octanol–water partition coefficient (Wildman–Crippen LogP) is 3.06. The van der Waals surface area contributed by atoms with Gasteiger partial charge in [0.25, 0.3) is 5.91 Å². The minimum Gasteiger partial charge on any atom is -0.337 e. The summed E-state index contributed by atoms with van der Waals surface area (Å²) in [5, 5.41) is 6.57. The average molecular weight is 448 g/mol. The summed E-state index contributed by atoms with van der Waals surface area (Å²) < 4.78 is 2.07. The van der Waals surface area contributed by atoms with Gasteiger partial charge in [-0.05, 0) is 55.2 Å². The molecule has 0 radical (unpaired) electrons. The minimum absolute atomic E-state index is 0.0310. The van der Waals surface area contributed by atoms with Crippen LogP contribution in [0.3, 0.4) is 0 Å². The lowest BCUT2D eigenvalue weighted by atomic mass is 9.80. The van der Waals surface area contributed by atoms with Gasteiger partial charge in [0, 0.05) is 43.3 Å². The summed E-state index contributed by atoms with van der Waals surface area (Å²) in [6.07, 6.45) is 11.1. The number of carbonyl (C=O) groups is 2. The van der Waals surface area contributed by atoms with Gasteiger partial charge in [-0.15, -0.1) is 0 Å². The van der Waals surface area contributed by atoms with E-state index in [9.17, 15) is 9.59 Å². The third kappa shape index (κ3) is 4.47. The predicted molar refractivity (Wildman–Crippen MR) is 126 cm³/mol. The fourth-order valence-corrected chi connectivity index (χ4v) is 5.65. The molecular weight excluding hydrogens is 414 g/mol. The van der Waals surface area contributed by atoms with Crippen LogP contribution in [-0.4, -0.2) is 38.3 Å². The van der Waals surface area contributed by atoms with Crippen molar-refractivity contribution >= 4 is 11.8 Å². The molecule has 1 aromatic carbocycles. The highest BCUT2D eigenvalue weighted by Crippen LogP contribution is 2.32. The highest BCUT2D eigenvalue weighted by Gasteiger charge is 2.38. The van der Waals surface area contributed by atoms with Gasteiger partial charge < -0.3 is 20.1 Å². The van der Waals surface area contributed by atoms with E-state index in [0.29, 0.717) is 24.9 Å². The molecule has 1 saturated heterocycles. The van der Waals surface area contributed by atoms with Crippen molar-refractivity contribution in [1.29, 1.82) is 0 Å². The molecule has 1 aliphatic carbocycles. The second kappa shape index (κ2) is 9.14. The molecule has 1 unspecified atom stereocenters. The zero-order valence-electron chi connectivity index (χ0n) is 19.3. The molecule has 3 heterocycles. The normalized spacial score (nSPS) is 25.3. The van der Waals surface area contributed by atoms with Gasteiger partial charge in [-0.2, -0.15) is 0 Å². The van der Waals surface area contributed by atoms with Crippen molar-refractivity contribution in [3.05, 3.63) is 65.4 Å². The maximum Gasteiger partial charge on any atom is 0.255 e. The first-order valence-corrected chi connectivity index (χ1v) is 12.1. The molecule has 1 aromatic heterocycles. The van der Waals surface area contributed by atoms with Gasteiger partial charge in [0.2, 0.25) is 5.91 Å². The lowest BCUT2D eigenvalue weighted by Crippen LogP contribution is -2.49. The third-order valence-corrected chi connectivity index (χ3v) is 7.55. The first kappa shape index (κ1) is 21.9. The molecular formula is C26H33N5O2. The minimum atomic E-state index is -0.406. The highest BCUT2D eigenvalue weighted by molar-refractivity contribution is 6.01. The van der Waals surface area contributed by atoms with Gasteiger partial charge in [-0.25, -0.2) is 4.98 Å². The number of aromatic nitrogens is 2. The Balaban J connectivity index is 1.26. The number of nitrogens with zero attached hydrogens (tertiary/aromatic N) is 3. The summed E-state index contributed by atoms with van der Waals surface area (Å²) >= 11 is 0. The van der Waals surface area contributed by atoms with Gasteiger partial charge in [0.05, 0.1) is 6.54 Å². The Bertz CT molecular complexity index is 1070. The van der Waals surface area contributed by atoms with Gasteiger partial charge in [-0.1, -0.05) is 31.6 Å².